The maximum atomic E-state index is 4.59. The van der Waals surface area contributed by atoms with Crippen LogP contribution in [-0.2, 0) is 25.3 Å². The van der Waals surface area contributed by atoms with Crippen LogP contribution in [0.4, 0.5) is 0 Å². The summed E-state index contributed by atoms with van der Waals surface area (Å²) in [6.45, 7) is 1.33. The molecule has 2 nitrogen and oxygen atoms in total. The van der Waals surface area contributed by atoms with Gasteiger partial charge in [0.15, 0.2) is 0 Å². The summed E-state index contributed by atoms with van der Waals surface area (Å²) in [6.07, 6.45) is 0. The van der Waals surface area contributed by atoms with E-state index in [1.165, 1.54) is 0 Å². The third-order valence-electron chi connectivity index (χ3n) is 0.664. The van der Waals surface area contributed by atoms with Gasteiger partial charge in [0.1, 0.15) is 0 Å². The van der Waals surface area contributed by atoms with Gasteiger partial charge in [-0.1, -0.05) is 8.64 Å². The summed E-state index contributed by atoms with van der Waals surface area (Å²) in [5.41, 5.74) is 0. The van der Waals surface area contributed by atoms with Crippen molar-refractivity contribution >= 4 is 81.4 Å². The van der Waals surface area contributed by atoms with Crippen molar-refractivity contribution in [3.63, 3.8) is 0 Å². The fourth-order valence-corrected chi connectivity index (χ4v) is 0.737. The van der Waals surface area contributed by atoms with Crippen LogP contribution < -0.4 is 10.6 Å². The molecule has 7 heteroatoms. The van der Waals surface area contributed by atoms with Gasteiger partial charge in [-0.3, -0.25) is 0 Å². The van der Waals surface area contributed by atoms with Crippen molar-refractivity contribution in [3.05, 3.63) is 0 Å². The monoisotopic (exact) mass is 234 g/mol. The molecule has 0 saturated carbocycles. The van der Waals surface area contributed by atoms with Crippen LogP contribution in [0.15, 0.2) is 0 Å². The predicted octanol–water partition coefficient (Wildman–Crippen LogP) is -0.552. The molecular formula is C4H6MgN2S4. The van der Waals surface area contributed by atoms with Crippen LogP contribution in [0.5, 0.6) is 0 Å². The summed E-state index contributed by atoms with van der Waals surface area (Å²) >= 11 is 18.4. The number of hydrogen-bond donors (Lipinski definition) is 2. The quantitative estimate of drug-likeness (QED) is 0.294. The standard InChI is InChI=1S/C4H8N2S4.Mg/c7-3(8)5-1-2-6-4(9)10;/h1-2H2,(H2,5,7,8)(H2,6,9,10);/q;+2/p-2. The van der Waals surface area contributed by atoms with E-state index in [-0.39, 0.29) is 23.1 Å². The van der Waals surface area contributed by atoms with Crippen molar-refractivity contribution in [2.24, 2.45) is 0 Å². The minimum atomic E-state index is 0. The second-order valence-electron chi connectivity index (χ2n) is 1.43. The molecule has 0 saturated heterocycles. The van der Waals surface area contributed by atoms with Crippen molar-refractivity contribution in [2.45, 2.75) is 0 Å². The number of thiocarbonyl (C=S) groups is 2. The van der Waals surface area contributed by atoms with Crippen LogP contribution in [0.2, 0.25) is 0 Å². The Labute approximate surface area is 104 Å². The fourth-order valence-electron chi connectivity index (χ4n) is 0.329. The summed E-state index contributed by atoms with van der Waals surface area (Å²) in [7, 11) is 0. The third-order valence-corrected chi connectivity index (χ3v) is 1.24. The van der Waals surface area contributed by atoms with E-state index >= 15 is 0 Å². The molecular weight excluding hydrogens is 229 g/mol. The SMILES string of the molecule is S=C([S-])NCCNC(=S)[S-].[Mg+2]. The van der Waals surface area contributed by atoms with Crippen molar-refractivity contribution in [3.8, 4) is 0 Å². The predicted molar refractivity (Wildman–Crippen MR) is 61.7 cm³/mol. The van der Waals surface area contributed by atoms with Crippen LogP contribution in [0, 0.1) is 0 Å². The molecule has 0 aromatic carbocycles. The van der Waals surface area contributed by atoms with E-state index < -0.39 is 0 Å². The van der Waals surface area contributed by atoms with Crippen LogP contribution in [0.1, 0.15) is 0 Å². The van der Waals surface area contributed by atoms with Gasteiger partial charge in [0.2, 0.25) is 0 Å². The summed E-state index contributed by atoms with van der Waals surface area (Å²) < 4.78 is 0.745. The van der Waals surface area contributed by atoms with Gasteiger partial charge in [-0.15, -0.1) is 0 Å². The minimum Gasteiger partial charge on any atom is -0.412 e. The van der Waals surface area contributed by atoms with Crippen LogP contribution >= 0.6 is 24.4 Å². The molecule has 0 aromatic rings. The fraction of sp³-hybridized carbons (Fsp3) is 0.500. The zero-order valence-electron chi connectivity index (χ0n) is 5.75. The maximum absolute atomic E-state index is 4.59. The van der Waals surface area contributed by atoms with E-state index in [4.69, 9.17) is 0 Å². The largest absolute Gasteiger partial charge is 2.00 e. The Morgan fingerprint density at radius 2 is 1.27 bits per heavy atom. The molecule has 0 bridgehead atoms. The molecule has 0 spiro atoms. The molecule has 2 N–H and O–H groups in total. The third kappa shape index (κ3) is 13.9. The first-order valence-corrected chi connectivity index (χ1v) is 4.16. The van der Waals surface area contributed by atoms with Gasteiger partial charge in [0, 0.05) is 13.1 Å². The Kier molecular flexibility index (Phi) is 12.0. The number of hydrogen-bond acceptors (Lipinski definition) is 4. The smallest absolute Gasteiger partial charge is 0.412 e. The van der Waals surface area contributed by atoms with Crippen molar-refractivity contribution < 1.29 is 0 Å². The molecule has 0 aliphatic heterocycles. The molecule has 0 aliphatic carbocycles. The molecule has 0 fully saturated rings. The van der Waals surface area contributed by atoms with E-state index in [0.29, 0.717) is 21.7 Å². The molecule has 0 amide bonds. The molecule has 0 unspecified atom stereocenters. The van der Waals surface area contributed by atoms with Gasteiger partial charge in [-0.25, -0.2) is 0 Å². The van der Waals surface area contributed by atoms with Crippen molar-refractivity contribution in [2.75, 3.05) is 13.1 Å². The van der Waals surface area contributed by atoms with Gasteiger partial charge in [-0.2, -0.15) is 0 Å². The van der Waals surface area contributed by atoms with E-state index in [1.54, 1.807) is 0 Å². The Hall–Kier alpha value is 0.986. The first kappa shape index (κ1) is 14.5. The molecule has 0 radical (unpaired) electrons. The van der Waals surface area contributed by atoms with Gasteiger partial charge in [0.05, 0.1) is 0 Å². The Balaban J connectivity index is 0. The van der Waals surface area contributed by atoms with E-state index in [2.05, 4.69) is 60.3 Å². The first-order chi connectivity index (χ1) is 4.63. The maximum Gasteiger partial charge on any atom is 2.00 e. The molecule has 0 aliphatic rings. The molecule has 11 heavy (non-hydrogen) atoms. The van der Waals surface area contributed by atoms with Gasteiger partial charge >= 0.3 is 23.1 Å². The summed E-state index contributed by atoms with van der Waals surface area (Å²) in [5, 5.41) is 5.56. The minimum absolute atomic E-state index is 0. The first-order valence-electron chi connectivity index (χ1n) is 2.52. The topological polar surface area (TPSA) is 24.1 Å². The Bertz CT molecular complexity index is 124. The zero-order chi connectivity index (χ0) is 7.98. The van der Waals surface area contributed by atoms with Crippen LogP contribution in [0.25, 0.3) is 0 Å². The average Bonchev–Trinajstić information content (AvgIpc) is 1.79. The Morgan fingerprint density at radius 3 is 1.45 bits per heavy atom. The molecule has 0 aromatic heterocycles. The molecule has 58 valence electrons. The molecule has 0 atom stereocenters. The van der Waals surface area contributed by atoms with E-state index in [9.17, 15) is 0 Å². The summed E-state index contributed by atoms with van der Waals surface area (Å²) in [5.74, 6) is 0. The van der Waals surface area contributed by atoms with Crippen molar-refractivity contribution in [1.82, 2.24) is 10.6 Å². The second kappa shape index (κ2) is 9.08. The Morgan fingerprint density at radius 1 is 1.00 bits per heavy atom. The average molecular weight is 235 g/mol. The van der Waals surface area contributed by atoms with E-state index in [1.807, 2.05) is 0 Å². The van der Waals surface area contributed by atoms with Crippen molar-refractivity contribution in [1.29, 1.82) is 0 Å². The molecule has 0 heterocycles. The van der Waals surface area contributed by atoms with E-state index in [0.717, 1.165) is 0 Å². The van der Waals surface area contributed by atoms with Gasteiger partial charge in [-0.05, 0) is 0 Å². The molecule has 0 rings (SSSR count). The number of rotatable bonds is 3. The normalized spacial score (nSPS) is 7.64. The second-order valence-corrected chi connectivity index (χ2v) is 3.58. The zero-order valence-corrected chi connectivity index (χ0v) is 10.4. The van der Waals surface area contributed by atoms with Gasteiger partial charge < -0.3 is 60.3 Å². The van der Waals surface area contributed by atoms with Crippen LogP contribution in [-0.4, -0.2) is 44.8 Å². The van der Waals surface area contributed by atoms with Gasteiger partial charge in [0.25, 0.3) is 0 Å². The summed E-state index contributed by atoms with van der Waals surface area (Å²) in [4.78, 5) is 0. The number of nitrogens with one attached hydrogen (secondary N) is 2. The summed E-state index contributed by atoms with van der Waals surface area (Å²) in [6, 6.07) is 0. The van der Waals surface area contributed by atoms with Crippen LogP contribution in [0.3, 0.4) is 0 Å².